The highest BCUT2D eigenvalue weighted by molar-refractivity contribution is 5.92. The summed E-state index contributed by atoms with van der Waals surface area (Å²) in [4.78, 5) is 33.1. The molecule has 14 heteroatoms. The van der Waals surface area contributed by atoms with Crippen LogP contribution < -0.4 is 16.0 Å². The predicted octanol–water partition coefficient (Wildman–Crippen LogP) is 3.06. The number of cyclic esters (lactones) is 1. The third-order valence-corrected chi connectivity index (χ3v) is 5.93. The molecule has 3 atom stereocenters. The molecule has 1 aromatic heterocycles. The lowest BCUT2D eigenvalue weighted by atomic mass is 9.98. The van der Waals surface area contributed by atoms with Gasteiger partial charge in [0.25, 0.3) is 0 Å². The average molecular weight is 514 g/mol. The van der Waals surface area contributed by atoms with E-state index in [0.717, 1.165) is 29.3 Å². The number of hydrogen-bond donors (Lipinski definition) is 3. The highest BCUT2D eigenvalue weighted by Crippen LogP contribution is 2.30. The van der Waals surface area contributed by atoms with Crippen LogP contribution in [0.25, 0.3) is 0 Å². The number of imide groups is 1. The second-order valence-electron chi connectivity index (χ2n) is 8.35. The highest BCUT2D eigenvalue weighted by Gasteiger charge is 2.39. The molecule has 2 saturated heterocycles. The zero-order chi connectivity index (χ0) is 25.9. The van der Waals surface area contributed by atoms with Crippen molar-refractivity contribution in [3.8, 4) is 0 Å². The number of nitrogens with zero attached hydrogens (tertiary/aromatic N) is 3. The molecule has 0 radical (unpaired) electrons. The van der Waals surface area contributed by atoms with Gasteiger partial charge < -0.3 is 20.7 Å². The number of aromatic nitrogens is 2. The topological polar surface area (TPSA) is 108 Å². The van der Waals surface area contributed by atoms with Gasteiger partial charge in [0.2, 0.25) is 0 Å². The maximum Gasteiger partial charge on any atom is 0.433 e. The van der Waals surface area contributed by atoms with Gasteiger partial charge in [0.1, 0.15) is 24.2 Å². The molecule has 2 unspecified atom stereocenters. The SMILES string of the molecule is O=C(NCCNC1CCNC(c2nccc(C(F)(F)F)n2)C1)N1C(=O)OC[C@@H]1c1ccc(F)c(F)c1. The van der Waals surface area contributed by atoms with Gasteiger partial charge in [-0.15, -0.1) is 0 Å². The number of hydrogen-bond acceptors (Lipinski definition) is 7. The fraction of sp³-hybridized carbons (Fsp3) is 0.455. The number of alkyl halides is 3. The zero-order valence-electron chi connectivity index (χ0n) is 18.8. The van der Waals surface area contributed by atoms with Crippen molar-refractivity contribution in [1.29, 1.82) is 0 Å². The van der Waals surface area contributed by atoms with Gasteiger partial charge >= 0.3 is 18.3 Å². The van der Waals surface area contributed by atoms with Crippen LogP contribution in [0.5, 0.6) is 0 Å². The Morgan fingerprint density at radius 2 is 2.00 bits per heavy atom. The van der Waals surface area contributed by atoms with Crippen molar-refractivity contribution in [3.63, 3.8) is 0 Å². The lowest BCUT2D eigenvalue weighted by Crippen LogP contribution is -2.47. The number of piperidine rings is 1. The third-order valence-electron chi connectivity index (χ3n) is 5.93. The van der Waals surface area contributed by atoms with Crippen LogP contribution in [-0.2, 0) is 10.9 Å². The summed E-state index contributed by atoms with van der Waals surface area (Å²) in [6.45, 7) is 0.778. The summed E-state index contributed by atoms with van der Waals surface area (Å²) in [7, 11) is 0. The second kappa shape index (κ2) is 10.7. The maximum absolute atomic E-state index is 13.6. The molecular formula is C22H23F5N6O3. The number of ether oxygens (including phenoxy) is 1. The van der Waals surface area contributed by atoms with Crippen molar-refractivity contribution < 1.29 is 36.3 Å². The molecule has 0 saturated carbocycles. The number of rotatable bonds is 6. The molecular weight excluding hydrogens is 491 g/mol. The van der Waals surface area contributed by atoms with Crippen LogP contribution >= 0.6 is 0 Å². The Balaban J connectivity index is 1.28. The van der Waals surface area contributed by atoms with Gasteiger partial charge in [-0.3, -0.25) is 0 Å². The van der Waals surface area contributed by atoms with Crippen molar-refractivity contribution in [1.82, 2.24) is 30.8 Å². The van der Waals surface area contributed by atoms with Gasteiger partial charge in [-0.2, -0.15) is 13.2 Å². The van der Waals surface area contributed by atoms with E-state index in [1.54, 1.807) is 0 Å². The first-order valence-electron chi connectivity index (χ1n) is 11.2. The highest BCUT2D eigenvalue weighted by atomic mass is 19.4. The van der Waals surface area contributed by atoms with Crippen LogP contribution in [0, 0.1) is 11.6 Å². The van der Waals surface area contributed by atoms with Gasteiger partial charge in [-0.25, -0.2) is 33.2 Å². The molecule has 3 heterocycles. The number of urea groups is 1. The van der Waals surface area contributed by atoms with E-state index in [0.29, 0.717) is 25.9 Å². The molecule has 36 heavy (non-hydrogen) atoms. The lowest BCUT2D eigenvalue weighted by Gasteiger charge is -2.30. The van der Waals surface area contributed by atoms with Crippen LogP contribution in [0.4, 0.5) is 31.5 Å². The van der Waals surface area contributed by atoms with Gasteiger partial charge in [0.05, 0.1) is 6.04 Å². The molecule has 1 aromatic carbocycles. The number of halogens is 5. The summed E-state index contributed by atoms with van der Waals surface area (Å²) in [5.41, 5.74) is -0.792. The van der Waals surface area contributed by atoms with Crippen molar-refractivity contribution >= 4 is 12.1 Å². The quantitative estimate of drug-likeness (QED) is 0.402. The predicted molar refractivity (Wildman–Crippen MR) is 114 cm³/mol. The van der Waals surface area contributed by atoms with Crippen LogP contribution in [-0.4, -0.2) is 59.3 Å². The van der Waals surface area contributed by atoms with E-state index in [2.05, 4.69) is 25.9 Å². The minimum atomic E-state index is -4.56. The van der Waals surface area contributed by atoms with E-state index in [-0.39, 0.29) is 30.6 Å². The minimum Gasteiger partial charge on any atom is -0.446 e. The molecule has 0 aliphatic carbocycles. The van der Waals surface area contributed by atoms with E-state index >= 15 is 0 Å². The summed E-state index contributed by atoms with van der Waals surface area (Å²) < 4.78 is 70.6. The largest absolute Gasteiger partial charge is 0.446 e. The van der Waals surface area contributed by atoms with Crippen molar-refractivity contribution in [2.75, 3.05) is 26.2 Å². The molecule has 0 spiro atoms. The molecule has 0 bridgehead atoms. The smallest absolute Gasteiger partial charge is 0.433 e. The van der Waals surface area contributed by atoms with Crippen molar-refractivity contribution in [2.45, 2.75) is 37.1 Å². The first-order valence-corrected chi connectivity index (χ1v) is 11.2. The van der Waals surface area contributed by atoms with Crippen LogP contribution in [0.3, 0.4) is 0 Å². The van der Waals surface area contributed by atoms with Gasteiger partial charge in [0.15, 0.2) is 11.6 Å². The van der Waals surface area contributed by atoms with Gasteiger partial charge in [-0.05, 0) is 43.1 Å². The van der Waals surface area contributed by atoms with Crippen molar-refractivity contribution in [3.05, 3.63) is 59.2 Å². The molecule has 194 valence electrons. The number of nitrogens with one attached hydrogen (secondary N) is 3. The number of amides is 3. The lowest BCUT2D eigenvalue weighted by molar-refractivity contribution is -0.141. The van der Waals surface area contributed by atoms with Gasteiger partial charge in [-0.1, -0.05) is 6.07 Å². The van der Waals surface area contributed by atoms with E-state index in [9.17, 15) is 31.5 Å². The molecule has 2 aliphatic heterocycles. The van der Waals surface area contributed by atoms with Crippen molar-refractivity contribution in [2.24, 2.45) is 0 Å². The summed E-state index contributed by atoms with van der Waals surface area (Å²) in [6, 6.07) is 1.71. The maximum atomic E-state index is 13.6. The number of carbonyl (C=O) groups excluding carboxylic acids is 2. The van der Waals surface area contributed by atoms with Crippen LogP contribution in [0.1, 0.15) is 42.0 Å². The second-order valence-corrected chi connectivity index (χ2v) is 8.35. The Morgan fingerprint density at radius 3 is 2.75 bits per heavy atom. The zero-order valence-corrected chi connectivity index (χ0v) is 18.8. The van der Waals surface area contributed by atoms with E-state index in [4.69, 9.17) is 4.74 Å². The Morgan fingerprint density at radius 1 is 1.19 bits per heavy atom. The standard InChI is InChI=1S/C22H23F5N6O3/c23-14-2-1-12(9-15(14)24)17-11-36-21(35)33(17)20(34)31-8-7-28-13-3-5-29-16(10-13)19-30-6-4-18(32-19)22(25,26)27/h1-2,4,6,9,13,16-17,28-29H,3,5,7-8,10-11H2,(H,31,34)/t13?,16?,17-/m1/s1. The van der Waals surface area contributed by atoms with Crippen LogP contribution in [0.2, 0.25) is 0 Å². The molecule has 3 N–H and O–H groups in total. The summed E-state index contributed by atoms with van der Waals surface area (Å²) in [5, 5.41) is 8.91. The molecule has 2 fully saturated rings. The Kier molecular flexibility index (Phi) is 7.64. The molecule has 4 rings (SSSR count). The first-order chi connectivity index (χ1) is 17.1. The molecule has 3 amide bonds. The Bertz CT molecular complexity index is 1120. The Hall–Kier alpha value is -3.39. The molecule has 2 aromatic rings. The third kappa shape index (κ3) is 5.87. The Labute approximate surface area is 202 Å². The number of benzene rings is 1. The fourth-order valence-electron chi connectivity index (χ4n) is 4.14. The van der Waals surface area contributed by atoms with Gasteiger partial charge in [0, 0.05) is 25.3 Å². The molecule has 2 aliphatic rings. The van der Waals surface area contributed by atoms with E-state index < -0.39 is 47.7 Å². The summed E-state index contributed by atoms with van der Waals surface area (Å²) in [5.74, 6) is -2.10. The summed E-state index contributed by atoms with van der Waals surface area (Å²) in [6.07, 6.45) is -3.26. The van der Waals surface area contributed by atoms with E-state index in [1.807, 2.05) is 0 Å². The average Bonchev–Trinajstić information content (AvgIpc) is 3.24. The monoisotopic (exact) mass is 514 g/mol. The minimum absolute atomic E-state index is 0.0560. The fourth-order valence-corrected chi connectivity index (χ4v) is 4.14. The first kappa shape index (κ1) is 25.7. The number of carbonyl (C=O) groups is 2. The normalized spacial score (nSPS) is 22.4. The van der Waals surface area contributed by atoms with Crippen LogP contribution in [0.15, 0.2) is 30.5 Å². The molecule has 9 nitrogen and oxygen atoms in total. The van der Waals surface area contributed by atoms with E-state index in [1.165, 1.54) is 6.07 Å². The summed E-state index contributed by atoms with van der Waals surface area (Å²) >= 11 is 0.